The van der Waals surface area contributed by atoms with E-state index in [-0.39, 0.29) is 6.10 Å². The Morgan fingerprint density at radius 1 is 0.795 bits per heavy atom. The van der Waals surface area contributed by atoms with E-state index in [1.165, 1.54) is 44.9 Å². The zero-order valence-electron chi connectivity index (χ0n) is 26.5. The maximum atomic E-state index is 13.1. The Labute approximate surface area is 238 Å². The molecular formula is C34H58O5. The molecule has 4 rings (SSSR count). The molecule has 0 aliphatic heterocycles. The van der Waals surface area contributed by atoms with E-state index in [9.17, 15) is 14.7 Å². The number of carbonyl (C=O) groups is 2. The summed E-state index contributed by atoms with van der Waals surface area (Å²) in [5.41, 5.74) is -0.536. The number of aliphatic hydroxyl groups excluding tert-OH is 1. The monoisotopic (exact) mass is 546 g/mol. The fourth-order valence-corrected chi connectivity index (χ4v) is 9.92. The molecule has 0 amide bonds. The number of esters is 2. The standard InChI is InChI=1S/C34H58O5/c1-21(10-12-25(29(36)38-31(2,3)4)30(37)39-32(5,6)7)26-14-15-27-24-13-11-22-20-23(35)16-18-33(22,8)28(24)17-19-34(26,27)9/h21-28,35H,10-20H2,1-9H3/t21-,22?,23-,24?,26?,27?,28?,33+,34-/m1/s1. The maximum Gasteiger partial charge on any atom is 0.320 e. The Kier molecular flexibility index (Phi) is 8.66. The Hall–Kier alpha value is -1.10. The molecule has 0 bridgehead atoms. The van der Waals surface area contributed by atoms with Crippen molar-refractivity contribution in [1.29, 1.82) is 0 Å². The summed E-state index contributed by atoms with van der Waals surface area (Å²) in [6.45, 7) is 18.6. The Morgan fingerprint density at radius 3 is 1.95 bits per heavy atom. The lowest BCUT2D eigenvalue weighted by atomic mass is 9.44. The first-order valence-corrected chi connectivity index (χ1v) is 16.1. The highest BCUT2D eigenvalue weighted by atomic mass is 16.6. The molecule has 0 saturated heterocycles. The maximum absolute atomic E-state index is 13.1. The lowest BCUT2D eigenvalue weighted by Crippen LogP contribution is -2.54. The lowest BCUT2D eigenvalue weighted by Gasteiger charge is -2.61. The largest absolute Gasteiger partial charge is 0.459 e. The van der Waals surface area contributed by atoms with Gasteiger partial charge in [0.1, 0.15) is 11.2 Å². The third-order valence-corrected chi connectivity index (χ3v) is 11.7. The van der Waals surface area contributed by atoms with Gasteiger partial charge in [-0.2, -0.15) is 0 Å². The first kappa shape index (κ1) is 30.8. The molecule has 0 heterocycles. The van der Waals surface area contributed by atoms with Crippen LogP contribution >= 0.6 is 0 Å². The molecule has 0 aromatic heterocycles. The van der Waals surface area contributed by atoms with Gasteiger partial charge in [-0.3, -0.25) is 9.59 Å². The van der Waals surface area contributed by atoms with E-state index in [1.54, 1.807) is 0 Å². The van der Waals surface area contributed by atoms with Crippen molar-refractivity contribution in [2.75, 3.05) is 0 Å². The summed E-state index contributed by atoms with van der Waals surface area (Å²) in [6, 6.07) is 0. The summed E-state index contributed by atoms with van der Waals surface area (Å²) < 4.78 is 11.3. The summed E-state index contributed by atoms with van der Waals surface area (Å²) in [4.78, 5) is 26.2. The Bertz CT molecular complexity index is 870. The van der Waals surface area contributed by atoms with Crippen LogP contribution in [-0.2, 0) is 19.1 Å². The summed E-state index contributed by atoms with van der Waals surface area (Å²) in [6.07, 6.45) is 12.2. The molecule has 5 unspecified atom stereocenters. The molecule has 0 radical (unpaired) electrons. The zero-order chi connectivity index (χ0) is 29.0. The van der Waals surface area contributed by atoms with Crippen LogP contribution in [0.5, 0.6) is 0 Å². The number of aliphatic hydroxyl groups is 1. The minimum absolute atomic E-state index is 0.0876. The van der Waals surface area contributed by atoms with Gasteiger partial charge in [0.15, 0.2) is 5.92 Å². The number of hydrogen-bond donors (Lipinski definition) is 1. The number of ether oxygens (including phenoxy) is 2. The van der Waals surface area contributed by atoms with E-state index < -0.39 is 29.1 Å². The minimum atomic E-state index is -0.872. The molecule has 5 heteroatoms. The minimum Gasteiger partial charge on any atom is -0.459 e. The highest BCUT2D eigenvalue weighted by Gasteiger charge is 2.60. The van der Waals surface area contributed by atoms with Gasteiger partial charge in [0.2, 0.25) is 0 Å². The number of fused-ring (bicyclic) bond motifs is 5. The second-order valence-electron chi connectivity index (χ2n) is 16.5. The fourth-order valence-electron chi connectivity index (χ4n) is 9.92. The van der Waals surface area contributed by atoms with Gasteiger partial charge in [-0.15, -0.1) is 0 Å². The smallest absolute Gasteiger partial charge is 0.320 e. The zero-order valence-corrected chi connectivity index (χ0v) is 26.5. The third-order valence-electron chi connectivity index (χ3n) is 11.7. The molecule has 9 atom stereocenters. The van der Waals surface area contributed by atoms with Crippen molar-refractivity contribution in [3.8, 4) is 0 Å². The van der Waals surface area contributed by atoms with Crippen molar-refractivity contribution < 1.29 is 24.2 Å². The van der Waals surface area contributed by atoms with Crippen LogP contribution in [0.15, 0.2) is 0 Å². The first-order chi connectivity index (χ1) is 17.9. The molecule has 4 saturated carbocycles. The van der Waals surface area contributed by atoms with Crippen LogP contribution in [0, 0.1) is 52.3 Å². The van der Waals surface area contributed by atoms with Crippen molar-refractivity contribution in [2.45, 2.75) is 150 Å². The van der Waals surface area contributed by atoms with Crippen LogP contribution in [0.4, 0.5) is 0 Å². The summed E-state index contributed by atoms with van der Waals surface area (Å²) in [5, 5.41) is 10.4. The second kappa shape index (κ2) is 11.0. The quantitative estimate of drug-likeness (QED) is 0.273. The normalized spacial score (nSPS) is 39.4. The van der Waals surface area contributed by atoms with Crippen LogP contribution < -0.4 is 0 Å². The van der Waals surface area contributed by atoms with E-state index in [2.05, 4.69) is 20.8 Å². The molecule has 39 heavy (non-hydrogen) atoms. The van der Waals surface area contributed by atoms with Gasteiger partial charge < -0.3 is 14.6 Å². The third kappa shape index (κ3) is 6.38. The topological polar surface area (TPSA) is 72.8 Å². The second-order valence-corrected chi connectivity index (χ2v) is 16.5. The van der Waals surface area contributed by atoms with Gasteiger partial charge in [-0.1, -0.05) is 20.8 Å². The van der Waals surface area contributed by atoms with Crippen LogP contribution in [0.3, 0.4) is 0 Å². The number of carbonyl (C=O) groups excluding carboxylic acids is 2. The van der Waals surface area contributed by atoms with Gasteiger partial charge in [0.05, 0.1) is 6.10 Å². The summed E-state index contributed by atoms with van der Waals surface area (Å²) in [7, 11) is 0. The number of hydrogen-bond acceptors (Lipinski definition) is 5. The predicted molar refractivity (Wildman–Crippen MR) is 155 cm³/mol. The molecule has 4 aliphatic rings. The highest BCUT2D eigenvalue weighted by molar-refractivity contribution is 5.95. The van der Waals surface area contributed by atoms with Crippen molar-refractivity contribution in [3.63, 3.8) is 0 Å². The van der Waals surface area contributed by atoms with Gasteiger partial charge in [0, 0.05) is 0 Å². The summed E-state index contributed by atoms with van der Waals surface area (Å²) >= 11 is 0. The average Bonchev–Trinajstić information content (AvgIpc) is 3.14. The van der Waals surface area contributed by atoms with Crippen LogP contribution in [0.25, 0.3) is 0 Å². The first-order valence-electron chi connectivity index (χ1n) is 16.1. The molecule has 0 aromatic rings. The van der Waals surface area contributed by atoms with Crippen molar-refractivity contribution in [3.05, 3.63) is 0 Å². The molecule has 1 N–H and O–H groups in total. The molecule has 5 nitrogen and oxygen atoms in total. The molecule has 0 aromatic carbocycles. The Morgan fingerprint density at radius 2 is 1.36 bits per heavy atom. The van der Waals surface area contributed by atoms with Gasteiger partial charge in [-0.05, 0) is 159 Å². The van der Waals surface area contributed by atoms with E-state index in [0.717, 1.165) is 37.0 Å². The molecule has 0 spiro atoms. The predicted octanol–water partition coefficient (Wildman–Crippen LogP) is 7.72. The lowest BCUT2D eigenvalue weighted by molar-refractivity contribution is -0.175. The van der Waals surface area contributed by atoms with Gasteiger partial charge in [0.25, 0.3) is 0 Å². The molecule has 4 fully saturated rings. The van der Waals surface area contributed by atoms with Crippen LogP contribution in [-0.4, -0.2) is 34.4 Å². The molecule has 224 valence electrons. The fraction of sp³-hybridized carbons (Fsp3) is 0.941. The van der Waals surface area contributed by atoms with E-state index in [0.29, 0.717) is 35.0 Å². The highest BCUT2D eigenvalue weighted by Crippen LogP contribution is 2.68. The Balaban J connectivity index is 1.44. The molecular weight excluding hydrogens is 488 g/mol. The van der Waals surface area contributed by atoms with Crippen molar-refractivity contribution >= 4 is 11.9 Å². The van der Waals surface area contributed by atoms with Gasteiger partial charge in [-0.25, -0.2) is 0 Å². The van der Waals surface area contributed by atoms with Crippen LogP contribution in [0.2, 0.25) is 0 Å². The van der Waals surface area contributed by atoms with Crippen molar-refractivity contribution in [2.24, 2.45) is 52.3 Å². The van der Waals surface area contributed by atoms with E-state index in [1.807, 2.05) is 41.5 Å². The van der Waals surface area contributed by atoms with Crippen LogP contribution in [0.1, 0.15) is 133 Å². The van der Waals surface area contributed by atoms with Gasteiger partial charge >= 0.3 is 11.9 Å². The summed E-state index contributed by atoms with van der Waals surface area (Å²) in [5.74, 6) is 2.38. The van der Waals surface area contributed by atoms with Crippen molar-refractivity contribution in [1.82, 2.24) is 0 Å². The van der Waals surface area contributed by atoms with E-state index >= 15 is 0 Å². The molecule has 4 aliphatic carbocycles. The average molecular weight is 547 g/mol. The van der Waals surface area contributed by atoms with E-state index in [4.69, 9.17) is 9.47 Å². The SMILES string of the molecule is C[C@H](CCC(C(=O)OC(C)(C)C)C(=O)OC(C)(C)C)C1CCC2C3CCC4C[C@H](O)CC[C@]4(C)C3CC[C@@]21C. The number of rotatable bonds is 6.